The van der Waals surface area contributed by atoms with Gasteiger partial charge in [0.2, 0.25) is 0 Å². The summed E-state index contributed by atoms with van der Waals surface area (Å²) in [7, 11) is 0. The Bertz CT molecular complexity index is 140. The van der Waals surface area contributed by atoms with E-state index in [2.05, 4.69) is 36.3 Å². The molecule has 50 valence electrons. The fourth-order valence-corrected chi connectivity index (χ4v) is 0.277. The Morgan fingerprint density at radius 2 is 2.33 bits per heavy atom. The van der Waals surface area contributed by atoms with Gasteiger partial charge in [-0.2, -0.15) is 3.71 Å². The monoisotopic (exact) mass is 163 g/mol. The van der Waals surface area contributed by atoms with E-state index in [1.807, 2.05) is 0 Å². The Morgan fingerprint density at radius 3 is 2.67 bits per heavy atom. The van der Waals surface area contributed by atoms with E-state index in [0.717, 1.165) is 0 Å². The molecule has 0 saturated carbocycles. The van der Waals surface area contributed by atoms with Crippen molar-refractivity contribution in [3.63, 3.8) is 0 Å². The Labute approximate surface area is 64.4 Å². The molecule has 0 rings (SSSR count). The minimum Gasteiger partial charge on any atom is -0.435 e. The highest BCUT2D eigenvalue weighted by molar-refractivity contribution is 7.94. The molecule has 3 nitrogen and oxygen atoms in total. The lowest BCUT2D eigenvalue weighted by Gasteiger charge is -2.04. The van der Waals surface area contributed by atoms with Gasteiger partial charge in [0.1, 0.15) is 0 Å². The Hall–Kier alpha value is -0.470. The van der Waals surface area contributed by atoms with E-state index < -0.39 is 6.09 Å². The molecule has 0 radical (unpaired) electrons. The van der Waals surface area contributed by atoms with Crippen LogP contribution >= 0.6 is 25.6 Å². The Morgan fingerprint density at radius 1 is 1.78 bits per heavy atom. The zero-order valence-corrected chi connectivity index (χ0v) is 6.23. The molecule has 0 aliphatic carbocycles. The number of carbonyl (C=O) groups is 1. The van der Waals surface area contributed by atoms with E-state index in [1.165, 1.54) is 0 Å². The summed E-state index contributed by atoms with van der Waals surface area (Å²) in [5.41, 5.74) is 0. The Kier molecular flexibility index (Phi) is 4.18. The van der Waals surface area contributed by atoms with Crippen LogP contribution in [0.25, 0.3) is 0 Å². The number of ether oxygens (including phenoxy) is 1. The lowest BCUT2D eigenvalue weighted by Crippen LogP contribution is -2.13. The van der Waals surface area contributed by atoms with Gasteiger partial charge in [0.25, 0.3) is 0 Å². The first-order valence-corrected chi connectivity index (χ1v) is 2.76. The molecule has 0 saturated heterocycles. The van der Waals surface area contributed by atoms with Crippen molar-refractivity contribution < 1.29 is 9.53 Å². The van der Waals surface area contributed by atoms with Gasteiger partial charge >= 0.3 is 6.09 Å². The van der Waals surface area contributed by atoms with Gasteiger partial charge in [-0.15, -0.1) is 6.42 Å². The second-order valence-electron chi connectivity index (χ2n) is 1.05. The highest BCUT2D eigenvalue weighted by Gasteiger charge is 2.03. The number of thiol groups is 2. The summed E-state index contributed by atoms with van der Waals surface area (Å²) in [5, 5.41) is 0. The highest BCUT2D eigenvalue weighted by Crippen LogP contribution is 1.99. The van der Waals surface area contributed by atoms with E-state index in [4.69, 9.17) is 6.42 Å². The molecular formula is C4H5NO2S2. The largest absolute Gasteiger partial charge is 0.435 e. The molecule has 0 bridgehead atoms. The van der Waals surface area contributed by atoms with Gasteiger partial charge in [-0.3, -0.25) is 0 Å². The van der Waals surface area contributed by atoms with Crippen molar-refractivity contribution in [2.45, 2.75) is 0 Å². The van der Waals surface area contributed by atoms with E-state index in [0.29, 0.717) is 3.71 Å². The van der Waals surface area contributed by atoms with Crippen LogP contribution in [0, 0.1) is 12.3 Å². The van der Waals surface area contributed by atoms with Crippen LogP contribution < -0.4 is 0 Å². The number of terminal acetylenes is 1. The lowest BCUT2D eigenvalue weighted by molar-refractivity contribution is 0.156. The standard InChI is InChI=1S/C4H5NO2S2/c1-2-3-7-4(6)5(8)9/h1,8-9H,3H2. The van der Waals surface area contributed by atoms with Crippen LogP contribution in [-0.4, -0.2) is 16.4 Å². The van der Waals surface area contributed by atoms with Crippen molar-refractivity contribution >= 4 is 31.7 Å². The van der Waals surface area contributed by atoms with Crippen LogP contribution in [0.5, 0.6) is 0 Å². The first-order chi connectivity index (χ1) is 4.18. The van der Waals surface area contributed by atoms with Gasteiger partial charge in [-0.05, 0) is 25.6 Å². The maximum atomic E-state index is 10.4. The molecule has 0 aliphatic rings. The number of carbonyl (C=O) groups excluding carboxylic acids is 1. The molecule has 0 fully saturated rings. The summed E-state index contributed by atoms with van der Waals surface area (Å²) in [6.07, 6.45) is 4.10. The van der Waals surface area contributed by atoms with Crippen LogP contribution in [0.2, 0.25) is 0 Å². The average Bonchev–Trinajstić information content (AvgIpc) is 1.82. The van der Waals surface area contributed by atoms with Crippen molar-refractivity contribution in [3.8, 4) is 12.3 Å². The molecule has 1 amide bonds. The van der Waals surface area contributed by atoms with Gasteiger partial charge in [0.15, 0.2) is 6.61 Å². The van der Waals surface area contributed by atoms with Crippen molar-refractivity contribution in [2.75, 3.05) is 6.61 Å². The molecule has 0 spiro atoms. The number of nitrogens with zero attached hydrogens (tertiary/aromatic N) is 1. The Balaban J connectivity index is 3.42. The smallest absolute Gasteiger partial charge is 0.430 e. The second kappa shape index (κ2) is 4.41. The summed E-state index contributed by atoms with van der Waals surface area (Å²) >= 11 is 7.04. The van der Waals surface area contributed by atoms with Crippen molar-refractivity contribution in [3.05, 3.63) is 0 Å². The van der Waals surface area contributed by atoms with E-state index in [-0.39, 0.29) is 6.61 Å². The SMILES string of the molecule is C#CCOC(=O)N(S)S. The van der Waals surface area contributed by atoms with Crippen LogP contribution in [0.1, 0.15) is 0 Å². The minimum absolute atomic E-state index is 0.0591. The molecule has 0 aromatic rings. The van der Waals surface area contributed by atoms with Gasteiger partial charge in [0, 0.05) is 0 Å². The van der Waals surface area contributed by atoms with Gasteiger partial charge in [-0.1, -0.05) is 5.92 Å². The number of amides is 1. The summed E-state index contributed by atoms with van der Waals surface area (Å²) in [6, 6.07) is 0. The third kappa shape index (κ3) is 4.06. The maximum absolute atomic E-state index is 10.4. The summed E-state index contributed by atoms with van der Waals surface area (Å²) < 4.78 is 5.06. The minimum atomic E-state index is -0.681. The molecule has 9 heavy (non-hydrogen) atoms. The summed E-state index contributed by atoms with van der Waals surface area (Å²) in [4.78, 5) is 10.4. The molecule has 0 unspecified atom stereocenters. The normalized spacial score (nSPS) is 7.67. The average molecular weight is 163 g/mol. The molecule has 0 aromatic carbocycles. The van der Waals surface area contributed by atoms with Crippen molar-refractivity contribution in [1.82, 2.24) is 3.71 Å². The second-order valence-corrected chi connectivity index (χ2v) is 2.16. The molecule has 0 aromatic heterocycles. The van der Waals surface area contributed by atoms with Crippen LogP contribution in [0.3, 0.4) is 0 Å². The highest BCUT2D eigenvalue weighted by atomic mass is 32.2. The summed E-state index contributed by atoms with van der Waals surface area (Å²) in [6.45, 7) is -0.0591. The van der Waals surface area contributed by atoms with Crippen LogP contribution in [-0.2, 0) is 4.74 Å². The molecule has 0 atom stereocenters. The third-order valence-electron chi connectivity index (χ3n) is 0.442. The first kappa shape index (κ1) is 8.53. The fraction of sp³-hybridized carbons (Fsp3) is 0.250. The van der Waals surface area contributed by atoms with Crippen molar-refractivity contribution in [2.24, 2.45) is 0 Å². The van der Waals surface area contributed by atoms with Gasteiger partial charge in [-0.25, -0.2) is 4.79 Å². The van der Waals surface area contributed by atoms with Gasteiger partial charge in [0.05, 0.1) is 0 Å². The molecule has 0 N–H and O–H groups in total. The zero-order chi connectivity index (χ0) is 7.28. The molecular weight excluding hydrogens is 158 g/mol. The maximum Gasteiger partial charge on any atom is 0.430 e. The number of hydrogen-bond acceptors (Lipinski definition) is 4. The third-order valence-corrected chi connectivity index (χ3v) is 0.769. The lowest BCUT2D eigenvalue weighted by atomic mass is 10.8. The summed E-state index contributed by atoms with van der Waals surface area (Å²) in [5.74, 6) is 2.12. The quantitative estimate of drug-likeness (QED) is 0.441. The van der Waals surface area contributed by atoms with Crippen molar-refractivity contribution in [1.29, 1.82) is 0 Å². The fourth-order valence-electron chi connectivity index (χ4n) is 0.161. The predicted octanol–water partition coefficient (Wildman–Crippen LogP) is 0.748. The van der Waals surface area contributed by atoms with Crippen LogP contribution in [0.4, 0.5) is 4.79 Å². The first-order valence-electron chi connectivity index (χ1n) is 1.96. The topological polar surface area (TPSA) is 29.5 Å². The predicted molar refractivity (Wildman–Crippen MR) is 40.0 cm³/mol. The van der Waals surface area contributed by atoms with Gasteiger partial charge < -0.3 is 4.74 Å². The van der Waals surface area contributed by atoms with Crippen LogP contribution in [0.15, 0.2) is 0 Å². The van der Waals surface area contributed by atoms with E-state index in [1.54, 1.807) is 0 Å². The molecule has 0 aliphatic heterocycles. The molecule has 5 heteroatoms. The van der Waals surface area contributed by atoms with E-state index >= 15 is 0 Å². The van der Waals surface area contributed by atoms with E-state index in [9.17, 15) is 4.79 Å². The number of rotatable bonds is 1. The molecule has 0 heterocycles. The number of hydrogen-bond donors (Lipinski definition) is 2. The zero-order valence-electron chi connectivity index (χ0n) is 4.44.